The minimum absolute atomic E-state index is 0.335. The summed E-state index contributed by atoms with van der Waals surface area (Å²) in [4.78, 5) is 25.2. The van der Waals surface area contributed by atoms with Gasteiger partial charge in [0.1, 0.15) is 6.04 Å². The molecule has 1 aliphatic rings. The van der Waals surface area contributed by atoms with E-state index in [-0.39, 0.29) is 11.4 Å². The molecule has 1 rings (SSSR count). The predicted octanol–water partition coefficient (Wildman–Crippen LogP) is 2.11. The summed E-state index contributed by atoms with van der Waals surface area (Å²) in [6.45, 7) is 5.79. The Bertz CT molecular complexity index is 327. The largest absolute Gasteiger partial charge is 0.453 e. The van der Waals surface area contributed by atoms with Gasteiger partial charge in [-0.15, -0.1) is 0 Å². The maximum atomic E-state index is 11.9. The number of cyclic esters (lactones) is 1. The highest BCUT2D eigenvalue weighted by Crippen LogP contribution is 2.34. The molecule has 0 aromatic rings. The fourth-order valence-electron chi connectivity index (χ4n) is 1.93. The summed E-state index contributed by atoms with van der Waals surface area (Å²) in [6.07, 6.45) is 1.47. The smallest absolute Gasteiger partial charge is 0.413 e. The lowest BCUT2D eigenvalue weighted by molar-refractivity contribution is -0.147. The van der Waals surface area contributed by atoms with Gasteiger partial charge in [-0.25, -0.2) is 9.59 Å². The van der Waals surface area contributed by atoms with Gasteiger partial charge in [-0.05, 0) is 18.4 Å². The van der Waals surface area contributed by atoms with Crippen molar-refractivity contribution in [1.29, 1.82) is 0 Å². The Morgan fingerprint density at radius 2 is 2.11 bits per heavy atom. The molecule has 1 saturated heterocycles. The van der Waals surface area contributed by atoms with Gasteiger partial charge in [0, 0.05) is 5.41 Å². The monoisotopic (exact) mass is 275 g/mol. The Morgan fingerprint density at radius 1 is 1.50 bits per heavy atom. The number of nitrogens with zero attached hydrogens (tertiary/aromatic N) is 1. The second-order valence-corrected chi connectivity index (χ2v) is 6.32. The number of carbonyl (C=O) groups is 2. The van der Waals surface area contributed by atoms with E-state index in [2.05, 4.69) is 0 Å². The highest BCUT2D eigenvalue weighted by atomic mass is 32.2. The molecule has 0 radical (unpaired) electrons. The van der Waals surface area contributed by atoms with E-state index in [4.69, 9.17) is 9.47 Å². The van der Waals surface area contributed by atoms with Crippen molar-refractivity contribution in [3.8, 4) is 0 Å². The first kappa shape index (κ1) is 15.1. The standard InChI is InChI=1S/C12H21NO4S/c1-12(2,3)10-13(11(15)16-4)8(6-7-18-5)9(14)17-10/h8,10H,6-7H2,1-5H3. The van der Waals surface area contributed by atoms with E-state index in [9.17, 15) is 9.59 Å². The first-order chi connectivity index (χ1) is 8.32. The number of rotatable bonds is 3. The zero-order chi connectivity index (χ0) is 13.9. The average Bonchev–Trinajstić information content (AvgIpc) is 2.62. The van der Waals surface area contributed by atoms with E-state index in [0.29, 0.717) is 6.42 Å². The molecule has 1 amide bonds. The first-order valence-electron chi connectivity index (χ1n) is 5.88. The molecule has 0 bridgehead atoms. The fraction of sp³-hybridized carbons (Fsp3) is 0.833. The normalized spacial score (nSPS) is 24.1. The van der Waals surface area contributed by atoms with Gasteiger partial charge in [0.25, 0.3) is 0 Å². The minimum Gasteiger partial charge on any atom is -0.453 e. The van der Waals surface area contributed by atoms with Crippen LogP contribution < -0.4 is 0 Å². The average molecular weight is 275 g/mol. The lowest BCUT2D eigenvalue weighted by Crippen LogP contribution is -2.48. The van der Waals surface area contributed by atoms with Crippen molar-refractivity contribution >= 4 is 23.8 Å². The molecule has 5 nitrogen and oxygen atoms in total. The van der Waals surface area contributed by atoms with Crippen LogP contribution in [0.15, 0.2) is 0 Å². The van der Waals surface area contributed by atoms with Gasteiger partial charge in [0.15, 0.2) is 6.23 Å². The van der Waals surface area contributed by atoms with Crippen molar-refractivity contribution < 1.29 is 19.1 Å². The van der Waals surface area contributed by atoms with E-state index in [1.54, 1.807) is 11.8 Å². The van der Waals surface area contributed by atoms with Gasteiger partial charge in [-0.3, -0.25) is 4.90 Å². The summed E-state index contributed by atoms with van der Waals surface area (Å²) in [6, 6.07) is -0.533. The van der Waals surface area contributed by atoms with Crippen LogP contribution in [0.25, 0.3) is 0 Å². The Hall–Kier alpha value is -0.910. The van der Waals surface area contributed by atoms with Crippen LogP contribution in [0.3, 0.4) is 0 Å². The highest BCUT2D eigenvalue weighted by molar-refractivity contribution is 7.98. The lowest BCUT2D eigenvalue weighted by Gasteiger charge is -2.33. The number of hydrogen-bond acceptors (Lipinski definition) is 5. The molecule has 1 fully saturated rings. The van der Waals surface area contributed by atoms with Gasteiger partial charge >= 0.3 is 12.1 Å². The molecule has 0 aromatic heterocycles. The Labute approximate surface area is 112 Å². The molecule has 2 atom stereocenters. The van der Waals surface area contributed by atoms with Crippen molar-refractivity contribution in [3.63, 3.8) is 0 Å². The quantitative estimate of drug-likeness (QED) is 0.738. The predicted molar refractivity (Wildman–Crippen MR) is 70.4 cm³/mol. The van der Waals surface area contributed by atoms with Gasteiger partial charge < -0.3 is 9.47 Å². The zero-order valence-corrected chi connectivity index (χ0v) is 12.4. The Morgan fingerprint density at radius 3 is 2.56 bits per heavy atom. The molecular weight excluding hydrogens is 254 g/mol. The fourth-order valence-corrected chi connectivity index (χ4v) is 2.39. The van der Waals surface area contributed by atoms with E-state index in [1.807, 2.05) is 27.0 Å². The molecule has 0 aromatic carbocycles. The molecule has 0 N–H and O–H groups in total. The van der Waals surface area contributed by atoms with Gasteiger partial charge in [-0.1, -0.05) is 20.8 Å². The van der Waals surface area contributed by atoms with Crippen LogP contribution in [0.4, 0.5) is 4.79 Å². The first-order valence-corrected chi connectivity index (χ1v) is 7.28. The van der Waals surface area contributed by atoms with E-state index in [1.165, 1.54) is 12.0 Å². The number of amides is 1. The van der Waals surface area contributed by atoms with Crippen LogP contribution in [-0.4, -0.2) is 48.4 Å². The van der Waals surface area contributed by atoms with Crippen LogP contribution in [0.1, 0.15) is 27.2 Å². The molecule has 18 heavy (non-hydrogen) atoms. The van der Waals surface area contributed by atoms with Crippen molar-refractivity contribution in [2.45, 2.75) is 39.5 Å². The summed E-state index contributed by atoms with van der Waals surface area (Å²) in [5.41, 5.74) is -0.335. The van der Waals surface area contributed by atoms with Gasteiger partial charge in [0.05, 0.1) is 7.11 Å². The van der Waals surface area contributed by atoms with Crippen LogP contribution in [0.2, 0.25) is 0 Å². The summed E-state index contributed by atoms with van der Waals surface area (Å²) >= 11 is 1.63. The van der Waals surface area contributed by atoms with Crippen molar-refractivity contribution in [2.75, 3.05) is 19.1 Å². The third-order valence-electron chi connectivity index (χ3n) is 2.81. The Balaban J connectivity index is 2.95. The number of ether oxygens (including phenoxy) is 2. The molecule has 2 unspecified atom stereocenters. The number of thioether (sulfide) groups is 1. The number of methoxy groups -OCH3 is 1. The van der Waals surface area contributed by atoms with Gasteiger partial charge in [0.2, 0.25) is 0 Å². The molecule has 0 aliphatic carbocycles. The summed E-state index contributed by atoms with van der Waals surface area (Å²) in [5, 5.41) is 0. The van der Waals surface area contributed by atoms with Crippen molar-refractivity contribution in [1.82, 2.24) is 4.90 Å². The topological polar surface area (TPSA) is 55.8 Å². The number of hydrogen-bond donors (Lipinski definition) is 0. The summed E-state index contributed by atoms with van der Waals surface area (Å²) < 4.78 is 10.1. The van der Waals surface area contributed by atoms with E-state index >= 15 is 0 Å². The molecule has 1 aliphatic heterocycles. The third-order valence-corrected chi connectivity index (χ3v) is 3.45. The van der Waals surface area contributed by atoms with Crippen LogP contribution in [-0.2, 0) is 14.3 Å². The summed E-state index contributed by atoms with van der Waals surface area (Å²) in [7, 11) is 1.32. The highest BCUT2D eigenvalue weighted by Gasteiger charge is 2.50. The maximum absolute atomic E-state index is 11.9. The molecular formula is C12H21NO4S. The second-order valence-electron chi connectivity index (χ2n) is 5.33. The Kier molecular flexibility index (Phi) is 4.90. The summed E-state index contributed by atoms with van der Waals surface area (Å²) in [5.74, 6) is 0.457. The number of carbonyl (C=O) groups excluding carboxylic acids is 2. The van der Waals surface area contributed by atoms with Crippen molar-refractivity contribution in [2.24, 2.45) is 5.41 Å². The van der Waals surface area contributed by atoms with Crippen LogP contribution >= 0.6 is 11.8 Å². The van der Waals surface area contributed by atoms with Crippen LogP contribution in [0, 0.1) is 5.41 Å². The van der Waals surface area contributed by atoms with Gasteiger partial charge in [-0.2, -0.15) is 11.8 Å². The maximum Gasteiger partial charge on any atom is 0.413 e. The lowest BCUT2D eigenvalue weighted by atomic mass is 9.93. The van der Waals surface area contributed by atoms with Crippen molar-refractivity contribution in [3.05, 3.63) is 0 Å². The molecule has 1 heterocycles. The molecule has 0 spiro atoms. The van der Waals surface area contributed by atoms with Crippen LogP contribution in [0.5, 0.6) is 0 Å². The second kappa shape index (κ2) is 5.82. The van der Waals surface area contributed by atoms with E-state index in [0.717, 1.165) is 5.75 Å². The molecule has 6 heteroatoms. The zero-order valence-electron chi connectivity index (χ0n) is 11.6. The SMILES string of the molecule is COC(=O)N1C(CCSC)C(=O)OC1C(C)(C)C. The van der Waals surface area contributed by atoms with E-state index < -0.39 is 18.4 Å². The molecule has 104 valence electrons. The third kappa shape index (κ3) is 3.10. The number of esters is 1. The minimum atomic E-state index is -0.565. The molecule has 0 saturated carbocycles.